The topological polar surface area (TPSA) is 0 Å². The molecular weight excluding hydrogens is 155 g/mol. The molecule has 0 aromatic heterocycles. The van der Waals surface area contributed by atoms with E-state index in [2.05, 4.69) is 33.8 Å². The molecule has 0 nitrogen and oxygen atoms in total. The van der Waals surface area contributed by atoms with Gasteiger partial charge in [-0.05, 0) is 36.4 Å². The Balaban J connectivity index is 2.85. The first-order valence-corrected chi connectivity index (χ1v) is 5.34. The van der Waals surface area contributed by atoms with Gasteiger partial charge in [0.15, 0.2) is 0 Å². The Morgan fingerprint density at radius 1 is 1.15 bits per heavy atom. The van der Waals surface area contributed by atoms with Crippen molar-refractivity contribution in [2.45, 2.75) is 58.7 Å². The molecule has 0 fully saturated rings. The Labute approximate surface area is 84.2 Å². The molecule has 0 heterocycles. The van der Waals surface area contributed by atoms with Crippen LogP contribution >= 0.6 is 0 Å². The second-order valence-electron chi connectivity index (χ2n) is 5.43. The van der Waals surface area contributed by atoms with Gasteiger partial charge in [-0.25, -0.2) is 0 Å². The summed E-state index contributed by atoms with van der Waals surface area (Å²) < 4.78 is 0. The minimum Gasteiger partial charge on any atom is -0.0855 e. The highest BCUT2D eigenvalue weighted by Gasteiger charge is 2.35. The molecular formula is C12H21B. The lowest BCUT2D eigenvalue weighted by Gasteiger charge is -2.43. The van der Waals surface area contributed by atoms with Crippen molar-refractivity contribution >= 4 is 7.85 Å². The average Bonchev–Trinajstić information content (AvgIpc) is 2.04. The molecule has 0 aliphatic heterocycles. The lowest BCUT2D eigenvalue weighted by Crippen LogP contribution is -2.29. The second-order valence-corrected chi connectivity index (χ2v) is 5.43. The van der Waals surface area contributed by atoms with E-state index in [-0.39, 0.29) is 10.7 Å². The molecule has 1 rings (SSSR count). The summed E-state index contributed by atoms with van der Waals surface area (Å²) in [4.78, 5) is 0. The van der Waals surface area contributed by atoms with Crippen LogP contribution in [0.3, 0.4) is 0 Å². The van der Waals surface area contributed by atoms with Crippen molar-refractivity contribution < 1.29 is 0 Å². The third-order valence-electron chi connectivity index (χ3n) is 3.52. The molecule has 1 aliphatic rings. The monoisotopic (exact) mass is 176 g/mol. The predicted octanol–water partition coefficient (Wildman–Crippen LogP) is 3.88. The van der Waals surface area contributed by atoms with E-state index >= 15 is 0 Å². The van der Waals surface area contributed by atoms with Crippen molar-refractivity contribution in [1.29, 1.82) is 0 Å². The fraction of sp³-hybridized carbons (Fsp3) is 0.833. The number of hydrogen-bond acceptors (Lipinski definition) is 0. The molecule has 1 heteroatoms. The Kier molecular flexibility index (Phi) is 2.94. The molecule has 13 heavy (non-hydrogen) atoms. The van der Waals surface area contributed by atoms with E-state index in [1.165, 1.54) is 31.3 Å². The van der Waals surface area contributed by atoms with Crippen LogP contribution in [0.5, 0.6) is 0 Å². The smallest absolute Gasteiger partial charge is 0.0809 e. The third-order valence-corrected chi connectivity index (χ3v) is 3.52. The average molecular weight is 176 g/mol. The Morgan fingerprint density at radius 3 is 2.15 bits per heavy atom. The predicted molar refractivity (Wildman–Crippen MR) is 60.1 cm³/mol. The SMILES string of the molecule is [B]C(C)(C1=CCCCC1)C(C)(C)C. The van der Waals surface area contributed by atoms with E-state index in [1.54, 1.807) is 0 Å². The standard InChI is InChI=1S/C12H21B/c1-11(2,3)12(4,13)10-8-6-5-7-9-10/h8H,5-7,9H2,1-4H3. The number of hydrogen-bond donors (Lipinski definition) is 0. The molecule has 2 radical (unpaired) electrons. The minimum absolute atomic E-state index is 0.132. The molecule has 0 aromatic carbocycles. The van der Waals surface area contributed by atoms with Crippen molar-refractivity contribution in [1.82, 2.24) is 0 Å². The summed E-state index contributed by atoms with van der Waals surface area (Å²) in [6.07, 6.45) is 7.43. The van der Waals surface area contributed by atoms with Crippen LogP contribution in [0.1, 0.15) is 53.4 Å². The molecule has 1 aliphatic carbocycles. The van der Waals surface area contributed by atoms with Crippen LogP contribution in [0.2, 0.25) is 5.31 Å². The van der Waals surface area contributed by atoms with Gasteiger partial charge >= 0.3 is 0 Å². The summed E-state index contributed by atoms with van der Waals surface area (Å²) in [5.74, 6) is 0. The maximum absolute atomic E-state index is 6.40. The fourth-order valence-electron chi connectivity index (χ4n) is 1.79. The van der Waals surface area contributed by atoms with Crippen LogP contribution in [-0.2, 0) is 0 Å². The molecule has 0 N–H and O–H groups in total. The molecule has 1 unspecified atom stereocenters. The highest BCUT2D eigenvalue weighted by atomic mass is 14.4. The van der Waals surface area contributed by atoms with E-state index in [0.29, 0.717) is 0 Å². The van der Waals surface area contributed by atoms with Gasteiger partial charge in [0, 0.05) is 0 Å². The molecule has 72 valence electrons. The summed E-state index contributed by atoms with van der Waals surface area (Å²) in [6, 6.07) is 0. The molecule has 1 atom stereocenters. The minimum atomic E-state index is -0.132. The summed E-state index contributed by atoms with van der Waals surface area (Å²) in [6.45, 7) is 8.84. The van der Waals surface area contributed by atoms with Crippen molar-refractivity contribution in [3.63, 3.8) is 0 Å². The number of allylic oxidation sites excluding steroid dienone is 2. The highest BCUT2D eigenvalue weighted by molar-refractivity contribution is 6.17. The Morgan fingerprint density at radius 2 is 1.77 bits per heavy atom. The van der Waals surface area contributed by atoms with E-state index in [0.717, 1.165) is 0 Å². The van der Waals surface area contributed by atoms with Crippen LogP contribution in [0.25, 0.3) is 0 Å². The molecule has 0 saturated carbocycles. The van der Waals surface area contributed by atoms with Gasteiger partial charge in [-0.15, -0.1) is 0 Å². The van der Waals surface area contributed by atoms with Crippen LogP contribution in [-0.4, -0.2) is 7.85 Å². The van der Waals surface area contributed by atoms with Crippen molar-refractivity contribution in [3.05, 3.63) is 11.6 Å². The van der Waals surface area contributed by atoms with Crippen molar-refractivity contribution in [3.8, 4) is 0 Å². The van der Waals surface area contributed by atoms with Gasteiger partial charge in [-0.3, -0.25) is 0 Å². The van der Waals surface area contributed by atoms with E-state index in [9.17, 15) is 0 Å². The highest BCUT2D eigenvalue weighted by Crippen LogP contribution is 2.50. The fourth-order valence-corrected chi connectivity index (χ4v) is 1.79. The maximum Gasteiger partial charge on any atom is 0.0809 e. The summed E-state index contributed by atoms with van der Waals surface area (Å²) >= 11 is 0. The summed E-state index contributed by atoms with van der Waals surface area (Å²) in [5, 5.41) is -0.132. The molecule has 0 bridgehead atoms. The summed E-state index contributed by atoms with van der Waals surface area (Å²) in [5.41, 5.74) is 1.63. The molecule has 0 saturated heterocycles. The largest absolute Gasteiger partial charge is 0.0855 e. The first-order chi connectivity index (χ1) is 5.86. The van der Waals surface area contributed by atoms with Gasteiger partial charge in [0.25, 0.3) is 0 Å². The zero-order valence-electron chi connectivity index (χ0n) is 9.48. The normalized spacial score (nSPS) is 23.5. The van der Waals surface area contributed by atoms with Gasteiger partial charge < -0.3 is 0 Å². The maximum atomic E-state index is 6.40. The van der Waals surface area contributed by atoms with E-state index < -0.39 is 0 Å². The van der Waals surface area contributed by atoms with Crippen LogP contribution in [0.4, 0.5) is 0 Å². The van der Waals surface area contributed by atoms with Crippen LogP contribution < -0.4 is 0 Å². The Hall–Kier alpha value is -0.195. The molecule has 0 amide bonds. The second kappa shape index (κ2) is 3.51. The first kappa shape index (κ1) is 10.9. The van der Waals surface area contributed by atoms with Gasteiger partial charge in [0.1, 0.15) is 0 Å². The molecule has 0 aromatic rings. The zero-order valence-corrected chi connectivity index (χ0v) is 9.48. The van der Waals surface area contributed by atoms with Crippen LogP contribution in [0.15, 0.2) is 11.6 Å². The Bertz CT molecular complexity index is 206. The van der Waals surface area contributed by atoms with Gasteiger partial charge in [0.05, 0.1) is 7.85 Å². The van der Waals surface area contributed by atoms with Crippen molar-refractivity contribution in [2.24, 2.45) is 5.41 Å². The van der Waals surface area contributed by atoms with Crippen molar-refractivity contribution in [2.75, 3.05) is 0 Å². The third kappa shape index (κ3) is 2.18. The number of rotatable bonds is 1. The quantitative estimate of drug-likeness (QED) is 0.420. The van der Waals surface area contributed by atoms with Gasteiger partial charge in [-0.2, -0.15) is 0 Å². The van der Waals surface area contributed by atoms with E-state index in [1.807, 2.05) is 0 Å². The first-order valence-electron chi connectivity index (χ1n) is 5.34. The lowest BCUT2D eigenvalue weighted by molar-refractivity contribution is 0.308. The molecule has 0 spiro atoms. The van der Waals surface area contributed by atoms with Gasteiger partial charge in [-0.1, -0.05) is 39.3 Å². The zero-order chi connectivity index (χ0) is 10.1. The van der Waals surface area contributed by atoms with Crippen LogP contribution in [0, 0.1) is 5.41 Å². The van der Waals surface area contributed by atoms with E-state index in [4.69, 9.17) is 7.85 Å². The van der Waals surface area contributed by atoms with Gasteiger partial charge in [0.2, 0.25) is 0 Å². The summed E-state index contributed by atoms with van der Waals surface area (Å²) in [7, 11) is 6.40. The lowest BCUT2D eigenvalue weighted by atomic mass is 9.51.